The molecule has 166 valence electrons. The molecule has 0 radical (unpaired) electrons. The molecule has 2 aromatic rings. The standard InChI is InChI=1S/C29H45N/c1-20-13-14-21(18-25(20)28(8,9)10)29(11,12)19-30-24-16-22(26(2,3)4)15-23(17-24)27(5,6)7/h13-18,30H,19H2,1-12H3. The molecule has 0 amide bonds. The second kappa shape index (κ2) is 8.06. The van der Waals surface area contributed by atoms with Gasteiger partial charge in [0.25, 0.3) is 0 Å². The largest absolute Gasteiger partial charge is 0.384 e. The van der Waals surface area contributed by atoms with Crippen molar-refractivity contribution < 1.29 is 0 Å². The van der Waals surface area contributed by atoms with E-state index in [2.05, 4.69) is 125 Å². The van der Waals surface area contributed by atoms with Crippen molar-refractivity contribution in [1.82, 2.24) is 0 Å². The number of benzene rings is 2. The fourth-order valence-electron chi connectivity index (χ4n) is 3.87. The first kappa shape index (κ1) is 24.5. The van der Waals surface area contributed by atoms with Gasteiger partial charge < -0.3 is 5.32 Å². The summed E-state index contributed by atoms with van der Waals surface area (Å²) in [6, 6.07) is 14.1. The van der Waals surface area contributed by atoms with Crippen LogP contribution in [0.2, 0.25) is 0 Å². The van der Waals surface area contributed by atoms with Gasteiger partial charge in [0.1, 0.15) is 0 Å². The highest BCUT2D eigenvalue weighted by Gasteiger charge is 2.25. The summed E-state index contributed by atoms with van der Waals surface area (Å²) in [6.07, 6.45) is 0. The number of hydrogen-bond acceptors (Lipinski definition) is 1. The summed E-state index contributed by atoms with van der Waals surface area (Å²) in [6.45, 7) is 28.5. The van der Waals surface area contributed by atoms with Gasteiger partial charge in [-0.25, -0.2) is 0 Å². The van der Waals surface area contributed by atoms with Gasteiger partial charge in [-0.3, -0.25) is 0 Å². The predicted molar refractivity (Wildman–Crippen MR) is 135 cm³/mol. The van der Waals surface area contributed by atoms with E-state index in [1.165, 1.54) is 33.5 Å². The second-order valence-corrected chi connectivity index (χ2v) is 12.8. The van der Waals surface area contributed by atoms with Gasteiger partial charge in [0, 0.05) is 17.6 Å². The molecule has 0 aliphatic carbocycles. The van der Waals surface area contributed by atoms with E-state index in [4.69, 9.17) is 0 Å². The number of rotatable bonds is 4. The van der Waals surface area contributed by atoms with Crippen LogP contribution in [0, 0.1) is 6.92 Å². The van der Waals surface area contributed by atoms with E-state index in [0.717, 1.165) is 6.54 Å². The summed E-state index contributed by atoms with van der Waals surface area (Å²) in [5, 5.41) is 3.78. The van der Waals surface area contributed by atoms with E-state index in [1.54, 1.807) is 0 Å². The molecule has 2 rings (SSSR count). The minimum Gasteiger partial charge on any atom is -0.384 e. The maximum atomic E-state index is 3.78. The summed E-state index contributed by atoms with van der Waals surface area (Å²) < 4.78 is 0. The number of anilines is 1. The third-order valence-electron chi connectivity index (χ3n) is 6.23. The first-order valence-electron chi connectivity index (χ1n) is 11.4. The van der Waals surface area contributed by atoms with Gasteiger partial charge in [-0.05, 0) is 63.1 Å². The highest BCUT2D eigenvalue weighted by atomic mass is 14.9. The van der Waals surface area contributed by atoms with E-state index < -0.39 is 0 Å². The third-order valence-corrected chi connectivity index (χ3v) is 6.23. The van der Waals surface area contributed by atoms with Crippen molar-refractivity contribution in [2.75, 3.05) is 11.9 Å². The average molecular weight is 408 g/mol. The Balaban J connectivity index is 2.36. The van der Waals surface area contributed by atoms with Gasteiger partial charge in [-0.2, -0.15) is 0 Å². The van der Waals surface area contributed by atoms with Crippen molar-refractivity contribution in [3.63, 3.8) is 0 Å². The van der Waals surface area contributed by atoms with E-state index in [9.17, 15) is 0 Å². The molecule has 1 nitrogen and oxygen atoms in total. The molecule has 0 bridgehead atoms. The molecule has 0 unspecified atom stereocenters. The smallest absolute Gasteiger partial charge is 0.0346 e. The van der Waals surface area contributed by atoms with Crippen LogP contribution in [0.25, 0.3) is 0 Å². The van der Waals surface area contributed by atoms with Crippen LogP contribution in [-0.2, 0) is 21.7 Å². The number of hydrogen-bond donors (Lipinski definition) is 1. The lowest BCUT2D eigenvalue weighted by Gasteiger charge is -2.31. The van der Waals surface area contributed by atoms with Crippen molar-refractivity contribution in [2.24, 2.45) is 0 Å². The van der Waals surface area contributed by atoms with Crippen molar-refractivity contribution in [3.05, 3.63) is 64.2 Å². The molecule has 1 heteroatoms. The van der Waals surface area contributed by atoms with Crippen LogP contribution in [0.5, 0.6) is 0 Å². The lowest BCUT2D eigenvalue weighted by atomic mass is 9.77. The zero-order chi connectivity index (χ0) is 23.1. The molecular weight excluding hydrogens is 362 g/mol. The Morgan fingerprint density at radius 1 is 0.600 bits per heavy atom. The van der Waals surface area contributed by atoms with Crippen LogP contribution in [0.4, 0.5) is 5.69 Å². The third kappa shape index (κ3) is 5.90. The molecule has 0 saturated heterocycles. The maximum Gasteiger partial charge on any atom is 0.0346 e. The molecule has 0 atom stereocenters. The maximum absolute atomic E-state index is 3.78. The fraction of sp³-hybridized carbons (Fsp3) is 0.586. The van der Waals surface area contributed by atoms with Crippen LogP contribution in [0.3, 0.4) is 0 Å². The molecule has 0 aliphatic rings. The second-order valence-electron chi connectivity index (χ2n) is 12.8. The van der Waals surface area contributed by atoms with Crippen LogP contribution >= 0.6 is 0 Å². The van der Waals surface area contributed by atoms with E-state index in [1.807, 2.05) is 0 Å². The molecule has 0 spiro atoms. The summed E-state index contributed by atoms with van der Waals surface area (Å²) in [4.78, 5) is 0. The van der Waals surface area contributed by atoms with Gasteiger partial charge in [0.15, 0.2) is 0 Å². The molecule has 1 N–H and O–H groups in total. The van der Waals surface area contributed by atoms with Gasteiger partial charge >= 0.3 is 0 Å². The lowest BCUT2D eigenvalue weighted by Crippen LogP contribution is -2.29. The highest BCUT2D eigenvalue weighted by Crippen LogP contribution is 2.34. The topological polar surface area (TPSA) is 12.0 Å². The first-order valence-corrected chi connectivity index (χ1v) is 11.4. The molecule has 0 aliphatic heterocycles. The van der Waals surface area contributed by atoms with Crippen molar-refractivity contribution in [1.29, 1.82) is 0 Å². The summed E-state index contributed by atoms with van der Waals surface area (Å²) >= 11 is 0. The predicted octanol–water partition coefficient (Wildman–Crippen LogP) is 8.28. The van der Waals surface area contributed by atoms with Crippen LogP contribution in [-0.4, -0.2) is 6.54 Å². The Morgan fingerprint density at radius 2 is 1.10 bits per heavy atom. The molecule has 2 aromatic carbocycles. The molecule has 0 heterocycles. The van der Waals surface area contributed by atoms with Crippen molar-refractivity contribution in [2.45, 2.75) is 105 Å². The Kier molecular flexibility index (Phi) is 6.58. The summed E-state index contributed by atoms with van der Waals surface area (Å²) in [5.41, 5.74) is 8.68. The van der Waals surface area contributed by atoms with Gasteiger partial charge in [-0.15, -0.1) is 0 Å². The number of aryl methyl sites for hydroxylation is 1. The zero-order valence-electron chi connectivity index (χ0n) is 21.7. The zero-order valence-corrected chi connectivity index (χ0v) is 21.7. The molecular formula is C29H45N. The Morgan fingerprint density at radius 3 is 1.53 bits per heavy atom. The highest BCUT2D eigenvalue weighted by molar-refractivity contribution is 5.53. The minimum atomic E-state index is 0.0351. The SMILES string of the molecule is Cc1ccc(C(C)(C)CNc2cc(C(C)(C)C)cc(C(C)(C)C)c2)cc1C(C)(C)C. The quantitative estimate of drug-likeness (QED) is 0.537. The Labute approximate surface area is 186 Å². The molecule has 0 saturated carbocycles. The molecule has 0 fully saturated rings. The van der Waals surface area contributed by atoms with Crippen LogP contribution in [0.15, 0.2) is 36.4 Å². The molecule has 0 aromatic heterocycles. The first-order chi connectivity index (χ1) is 13.4. The Bertz CT molecular complexity index is 848. The van der Waals surface area contributed by atoms with Gasteiger partial charge in [0.2, 0.25) is 0 Å². The van der Waals surface area contributed by atoms with E-state index in [-0.39, 0.29) is 21.7 Å². The van der Waals surface area contributed by atoms with Crippen LogP contribution < -0.4 is 5.32 Å². The van der Waals surface area contributed by atoms with E-state index in [0.29, 0.717) is 0 Å². The fourth-order valence-corrected chi connectivity index (χ4v) is 3.87. The van der Waals surface area contributed by atoms with Crippen molar-refractivity contribution >= 4 is 5.69 Å². The van der Waals surface area contributed by atoms with Crippen LogP contribution in [0.1, 0.15) is 104 Å². The summed E-state index contributed by atoms with van der Waals surface area (Å²) in [7, 11) is 0. The lowest BCUT2D eigenvalue weighted by molar-refractivity contribution is 0.545. The minimum absolute atomic E-state index is 0.0351. The van der Waals surface area contributed by atoms with Gasteiger partial charge in [0.05, 0.1) is 0 Å². The number of nitrogens with one attached hydrogen (secondary N) is 1. The van der Waals surface area contributed by atoms with Crippen molar-refractivity contribution in [3.8, 4) is 0 Å². The summed E-state index contributed by atoms with van der Waals surface area (Å²) in [5.74, 6) is 0. The van der Waals surface area contributed by atoms with E-state index >= 15 is 0 Å². The normalized spacial score (nSPS) is 13.5. The molecule has 30 heavy (non-hydrogen) atoms. The average Bonchev–Trinajstić information content (AvgIpc) is 2.57. The Hall–Kier alpha value is -1.76. The monoisotopic (exact) mass is 407 g/mol. The van der Waals surface area contributed by atoms with Gasteiger partial charge in [-0.1, -0.05) is 100 Å².